The number of rotatable bonds is 8. The lowest BCUT2D eigenvalue weighted by Crippen LogP contribution is -2.17. The number of ketones is 1. The molecule has 6 nitrogen and oxygen atoms in total. The molecular weight excluding hydrogens is 296 g/mol. The van der Waals surface area contributed by atoms with Gasteiger partial charge in [0.15, 0.2) is 9.84 Å². The highest BCUT2D eigenvalue weighted by molar-refractivity contribution is 7.92. The molecule has 1 aromatic rings. The Bertz CT molecular complexity index is 588. The highest BCUT2D eigenvalue weighted by Crippen LogP contribution is 2.17. The van der Waals surface area contributed by atoms with E-state index in [2.05, 4.69) is 4.74 Å². The smallest absolute Gasteiger partial charge is 0.306 e. The first-order valence-corrected chi connectivity index (χ1v) is 8.08. The Morgan fingerprint density at radius 2 is 1.71 bits per heavy atom. The normalized spacial score (nSPS) is 11.0. The Balaban J connectivity index is 2.62. The van der Waals surface area contributed by atoms with Crippen LogP contribution in [0.2, 0.25) is 0 Å². The summed E-state index contributed by atoms with van der Waals surface area (Å²) >= 11 is 0. The van der Waals surface area contributed by atoms with Crippen molar-refractivity contribution in [2.24, 2.45) is 0 Å². The fourth-order valence-corrected chi connectivity index (χ4v) is 2.91. The Hall–Kier alpha value is -1.89. The molecule has 0 saturated heterocycles. The monoisotopic (exact) mass is 314 g/mol. The van der Waals surface area contributed by atoms with Crippen molar-refractivity contribution in [3.8, 4) is 5.75 Å². The molecule has 0 fully saturated rings. The molecule has 0 saturated carbocycles. The van der Waals surface area contributed by atoms with E-state index in [0.717, 1.165) is 0 Å². The number of ether oxygens (including phenoxy) is 2. The molecule has 116 valence electrons. The maximum absolute atomic E-state index is 12.0. The lowest BCUT2D eigenvalue weighted by Gasteiger charge is -2.05. The molecule has 0 aromatic heterocycles. The second kappa shape index (κ2) is 7.78. The van der Waals surface area contributed by atoms with Gasteiger partial charge in [-0.05, 0) is 31.2 Å². The molecule has 0 N–H and O–H groups in total. The molecule has 1 rings (SSSR count). The van der Waals surface area contributed by atoms with E-state index in [1.54, 1.807) is 6.92 Å². The second-order valence-corrected chi connectivity index (χ2v) is 6.27. The number of carbonyl (C=O) groups excluding carboxylic acids is 2. The SMILES string of the molecule is CCOC(=O)CCC(=O)CS(=O)(=O)c1ccc(OC)cc1. The van der Waals surface area contributed by atoms with Gasteiger partial charge >= 0.3 is 5.97 Å². The molecule has 0 heterocycles. The summed E-state index contributed by atoms with van der Waals surface area (Å²) in [5.41, 5.74) is 0. The maximum atomic E-state index is 12.0. The van der Waals surface area contributed by atoms with Crippen LogP contribution in [0.4, 0.5) is 0 Å². The van der Waals surface area contributed by atoms with Crippen LogP contribution in [-0.4, -0.2) is 39.6 Å². The Kier molecular flexibility index (Phi) is 6.36. The van der Waals surface area contributed by atoms with Crippen molar-refractivity contribution in [3.05, 3.63) is 24.3 Å². The van der Waals surface area contributed by atoms with E-state index in [1.165, 1.54) is 31.4 Å². The number of benzene rings is 1. The van der Waals surface area contributed by atoms with Crippen LogP contribution in [0.25, 0.3) is 0 Å². The summed E-state index contributed by atoms with van der Waals surface area (Å²) in [7, 11) is -2.23. The molecule has 0 unspecified atom stereocenters. The standard InChI is InChI=1S/C14H18O6S/c1-3-20-14(16)9-4-11(15)10-21(17,18)13-7-5-12(19-2)6-8-13/h5-8H,3-4,9-10H2,1-2H3. The zero-order valence-electron chi connectivity index (χ0n) is 12.0. The van der Waals surface area contributed by atoms with Crippen molar-refractivity contribution in [2.75, 3.05) is 19.5 Å². The first kappa shape index (κ1) is 17.2. The lowest BCUT2D eigenvalue weighted by atomic mass is 10.2. The average molecular weight is 314 g/mol. The summed E-state index contributed by atoms with van der Waals surface area (Å²) in [5, 5.41) is 0. The molecule has 0 aliphatic rings. The predicted molar refractivity (Wildman–Crippen MR) is 75.9 cm³/mol. The molecular formula is C14H18O6S. The zero-order chi connectivity index (χ0) is 15.9. The van der Waals surface area contributed by atoms with Gasteiger partial charge in [-0.1, -0.05) is 0 Å². The van der Waals surface area contributed by atoms with Crippen LogP contribution in [0.5, 0.6) is 5.75 Å². The summed E-state index contributed by atoms with van der Waals surface area (Å²) in [6, 6.07) is 5.78. The van der Waals surface area contributed by atoms with E-state index in [1.807, 2.05) is 0 Å². The van der Waals surface area contributed by atoms with Crippen molar-refractivity contribution < 1.29 is 27.5 Å². The van der Waals surface area contributed by atoms with Gasteiger partial charge in [-0.3, -0.25) is 9.59 Å². The minimum atomic E-state index is -3.70. The topological polar surface area (TPSA) is 86.7 Å². The van der Waals surface area contributed by atoms with Crippen LogP contribution >= 0.6 is 0 Å². The van der Waals surface area contributed by atoms with Crippen molar-refractivity contribution in [3.63, 3.8) is 0 Å². The zero-order valence-corrected chi connectivity index (χ0v) is 12.8. The summed E-state index contributed by atoms with van der Waals surface area (Å²) in [6.45, 7) is 1.89. The number of esters is 1. The third kappa shape index (κ3) is 5.55. The molecule has 0 radical (unpaired) electrons. The van der Waals surface area contributed by atoms with Gasteiger partial charge in [-0.15, -0.1) is 0 Å². The van der Waals surface area contributed by atoms with Gasteiger partial charge in [0.05, 0.1) is 25.0 Å². The fraction of sp³-hybridized carbons (Fsp3) is 0.429. The molecule has 7 heteroatoms. The predicted octanol–water partition coefficient (Wildman–Crippen LogP) is 1.38. The largest absolute Gasteiger partial charge is 0.497 e. The third-order valence-corrected chi connectivity index (χ3v) is 4.38. The van der Waals surface area contributed by atoms with Crippen molar-refractivity contribution in [1.29, 1.82) is 0 Å². The number of Topliss-reactive ketones (excluding diaryl/α,β-unsaturated/α-hetero) is 1. The Labute approximate surface area is 124 Å². The van der Waals surface area contributed by atoms with E-state index >= 15 is 0 Å². The number of hydrogen-bond donors (Lipinski definition) is 0. The molecule has 1 aromatic carbocycles. The second-order valence-electron chi connectivity index (χ2n) is 4.28. The van der Waals surface area contributed by atoms with E-state index in [4.69, 9.17) is 4.74 Å². The van der Waals surface area contributed by atoms with Gasteiger partial charge in [-0.25, -0.2) is 8.42 Å². The fourth-order valence-electron chi connectivity index (χ4n) is 1.63. The minimum Gasteiger partial charge on any atom is -0.497 e. The highest BCUT2D eigenvalue weighted by atomic mass is 32.2. The first-order valence-electron chi connectivity index (χ1n) is 6.43. The van der Waals surface area contributed by atoms with Crippen LogP contribution in [0, 0.1) is 0 Å². The van der Waals surface area contributed by atoms with E-state index in [0.29, 0.717) is 5.75 Å². The average Bonchev–Trinajstić information content (AvgIpc) is 2.45. The van der Waals surface area contributed by atoms with Crippen LogP contribution in [0.1, 0.15) is 19.8 Å². The molecule has 0 spiro atoms. The van der Waals surface area contributed by atoms with E-state index in [-0.39, 0.29) is 24.3 Å². The van der Waals surface area contributed by atoms with Gasteiger partial charge in [-0.2, -0.15) is 0 Å². The van der Waals surface area contributed by atoms with Crippen molar-refractivity contribution in [2.45, 2.75) is 24.7 Å². The Morgan fingerprint density at radius 1 is 1.10 bits per heavy atom. The molecule has 0 bridgehead atoms. The lowest BCUT2D eigenvalue weighted by molar-refractivity contribution is -0.144. The van der Waals surface area contributed by atoms with Crippen molar-refractivity contribution in [1.82, 2.24) is 0 Å². The van der Waals surface area contributed by atoms with Gasteiger partial charge in [0.25, 0.3) is 0 Å². The molecule has 0 amide bonds. The van der Waals surface area contributed by atoms with Crippen LogP contribution in [0.15, 0.2) is 29.2 Å². The number of carbonyl (C=O) groups is 2. The Morgan fingerprint density at radius 3 is 2.24 bits per heavy atom. The summed E-state index contributed by atoms with van der Waals surface area (Å²) in [6.07, 6.45) is -0.251. The van der Waals surface area contributed by atoms with Gasteiger partial charge in [0.2, 0.25) is 0 Å². The quantitative estimate of drug-likeness (QED) is 0.674. The van der Waals surface area contributed by atoms with E-state index < -0.39 is 27.3 Å². The first-order chi connectivity index (χ1) is 9.89. The van der Waals surface area contributed by atoms with Crippen molar-refractivity contribution >= 4 is 21.6 Å². The maximum Gasteiger partial charge on any atom is 0.306 e. The summed E-state index contributed by atoms with van der Waals surface area (Å²) < 4.78 is 33.7. The number of methoxy groups -OCH3 is 1. The van der Waals surface area contributed by atoms with Gasteiger partial charge in [0.1, 0.15) is 17.3 Å². The minimum absolute atomic E-state index is 0.0489. The molecule has 0 atom stereocenters. The third-order valence-electron chi connectivity index (χ3n) is 2.68. The van der Waals surface area contributed by atoms with Gasteiger partial charge in [0, 0.05) is 6.42 Å². The molecule has 21 heavy (non-hydrogen) atoms. The van der Waals surface area contributed by atoms with Crippen LogP contribution < -0.4 is 4.74 Å². The van der Waals surface area contributed by atoms with Crippen LogP contribution in [-0.2, 0) is 24.2 Å². The van der Waals surface area contributed by atoms with Gasteiger partial charge < -0.3 is 9.47 Å². The van der Waals surface area contributed by atoms with E-state index in [9.17, 15) is 18.0 Å². The number of hydrogen-bond acceptors (Lipinski definition) is 6. The number of sulfone groups is 1. The summed E-state index contributed by atoms with van der Waals surface area (Å²) in [4.78, 5) is 22.8. The van der Waals surface area contributed by atoms with Crippen LogP contribution in [0.3, 0.4) is 0 Å². The summed E-state index contributed by atoms with van der Waals surface area (Å²) in [5.74, 6) is -1.12. The molecule has 0 aliphatic heterocycles. The molecule has 0 aliphatic carbocycles. The highest BCUT2D eigenvalue weighted by Gasteiger charge is 2.20.